The molecule has 1 aliphatic carbocycles. The first kappa shape index (κ1) is 28.3. The number of amides is 1. The quantitative estimate of drug-likeness (QED) is 0.275. The van der Waals surface area contributed by atoms with Crippen molar-refractivity contribution < 1.29 is 22.0 Å². The van der Waals surface area contributed by atoms with Crippen LogP contribution in [0.3, 0.4) is 0 Å². The van der Waals surface area contributed by atoms with Crippen LogP contribution >= 0.6 is 0 Å². The van der Waals surface area contributed by atoms with Gasteiger partial charge in [-0.1, -0.05) is 6.92 Å². The number of hydrogen-bond acceptors (Lipinski definition) is 6. The fourth-order valence-electron chi connectivity index (χ4n) is 6.73. The van der Waals surface area contributed by atoms with E-state index in [0.29, 0.717) is 12.2 Å². The molecule has 0 bridgehead atoms. The molecular weight excluding hydrogens is 588 g/mol. The highest BCUT2D eigenvalue weighted by Gasteiger charge is 2.74. The van der Waals surface area contributed by atoms with Crippen LogP contribution in [0.1, 0.15) is 24.5 Å². The summed E-state index contributed by atoms with van der Waals surface area (Å²) in [6, 6.07) is 12.6. The third-order valence-corrected chi connectivity index (χ3v) is 10.6. The molecular formula is C31H29F2N7O3S. The Morgan fingerprint density at radius 3 is 2.55 bits per heavy atom. The maximum absolute atomic E-state index is 13.8. The van der Waals surface area contributed by atoms with Crippen LogP contribution in [0.5, 0.6) is 0 Å². The van der Waals surface area contributed by atoms with Gasteiger partial charge in [0.25, 0.3) is 0 Å². The van der Waals surface area contributed by atoms with E-state index in [1.54, 1.807) is 33.9 Å². The molecule has 1 amide bonds. The summed E-state index contributed by atoms with van der Waals surface area (Å²) >= 11 is 0. The van der Waals surface area contributed by atoms with E-state index in [1.807, 2.05) is 26.0 Å². The van der Waals surface area contributed by atoms with Crippen LogP contribution in [-0.4, -0.2) is 56.3 Å². The van der Waals surface area contributed by atoms with Gasteiger partial charge in [0, 0.05) is 36.6 Å². The molecule has 44 heavy (non-hydrogen) atoms. The number of anilines is 1. The molecule has 1 N–H and O–H groups in total. The van der Waals surface area contributed by atoms with Gasteiger partial charge in [0.1, 0.15) is 22.3 Å². The number of carbonyl (C=O) groups is 1. The molecule has 0 spiro atoms. The number of benzene rings is 2. The molecule has 226 valence electrons. The summed E-state index contributed by atoms with van der Waals surface area (Å²) in [5, 5.41) is 12.3. The Hall–Kier alpha value is -4.49. The zero-order chi connectivity index (χ0) is 30.8. The summed E-state index contributed by atoms with van der Waals surface area (Å²) in [6.45, 7) is 4.79. The number of rotatable bonds is 8. The largest absolute Gasteiger partial charge is 0.310 e. The molecule has 0 unspecified atom stereocenters. The first-order chi connectivity index (χ1) is 21.1. The topological polar surface area (TPSA) is 115 Å². The first-order valence-corrected chi connectivity index (χ1v) is 15.8. The highest BCUT2D eigenvalue weighted by Crippen LogP contribution is 2.66. The second-order valence-electron chi connectivity index (χ2n) is 11.5. The normalized spacial score (nSPS) is 21.5. The zero-order valence-corrected chi connectivity index (χ0v) is 24.8. The van der Waals surface area contributed by atoms with Gasteiger partial charge < -0.3 is 5.32 Å². The van der Waals surface area contributed by atoms with Crippen LogP contribution in [0.15, 0.2) is 78.2 Å². The highest BCUT2D eigenvalue weighted by molar-refractivity contribution is 7.89. The van der Waals surface area contributed by atoms with Gasteiger partial charge in [0.2, 0.25) is 15.9 Å². The zero-order valence-electron chi connectivity index (χ0n) is 24.0. The van der Waals surface area contributed by atoms with Crippen molar-refractivity contribution in [3.63, 3.8) is 0 Å². The number of aromatic nitrogens is 5. The monoisotopic (exact) mass is 617 g/mol. The smallest absolute Gasteiger partial charge is 0.246 e. The number of nitrogens with zero attached hydrogens (tertiary/aromatic N) is 6. The minimum absolute atomic E-state index is 0.104. The van der Waals surface area contributed by atoms with Crippen LogP contribution < -0.4 is 5.32 Å². The Labute approximate surface area is 252 Å². The van der Waals surface area contributed by atoms with Gasteiger partial charge >= 0.3 is 0 Å². The fourth-order valence-corrected chi connectivity index (χ4v) is 8.20. The van der Waals surface area contributed by atoms with Gasteiger partial charge in [-0.3, -0.25) is 9.48 Å². The van der Waals surface area contributed by atoms with E-state index in [0.717, 1.165) is 34.6 Å². The van der Waals surface area contributed by atoms with Crippen molar-refractivity contribution in [3.05, 3.63) is 96.1 Å². The van der Waals surface area contributed by atoms with E-state index in [2.05, 4.69) is 20.5 Å². The number of piperidine rings is 1. The molecule has 3 aromatic heterocycles. The summed E-state index contributed by atoms with van der Waals surface area (Å²) in [5.74, 6) is -1.78. The molecule has 10 nitrogen and oxygen atoms in total. The lowest BCUT2D eigenvalue weighted by Gasteiger charge is -2.24. The van der Waals surface area contributed by atoms with Gasteiger partial charge in [0.05, 0.1) is 35.7 Å². The third-order valence-electron chi connectivity index (χ3n) is 8.80. The minimum atomic E-state index is -3.87. The van der Waals surface area contributed by atoms with Gasteiger partial charge in [-0.05, 0) is 78.9 Å². The van der Waals surface area contributed by atoms with Crippen molar-refractivity contribution in [1.82, 2.24) is 28.9 Å². The summed E-state index contributed by atoms with van der Waals surface area (Å²) in [5.41, 5.74) is 2.43. The van der Waals surface area contributed by atoms with Crippen molar-refractivity contribution in [1.29, 1.82) is 0 Å². The highest BCUT2D eigenvalue weighted by atomic mass is 32.2. The molecule has 0 radical (unpaired) electrons. The number of hydrogen-bond donors (Lipinski definition) is 1. The van der Waals surface area contributed by atoms with Crippen LogP contribution in [0.2, 0.25) is 0 Å². The number of sulfonamides is 1. The Kier molecular flexibility index (Phi) is 6.63. The molecule has 1 saturated carbocycles. The predicted octanol–water partition coefficient (Wildman–Crippen LogP) is 4.44. The average molecular weight is 618 g/mol. The first-order valence-electron chi connectivity index (χ1n) is 14.3. The summed E-state index contributed by atoms with van der Waals surface area (Å²) < 4.78 is 59.3. The lowest BCUT2D eigenvalue weighted by Crippen LogP contribution is -2.37. The molecule has 7 rings (SSSR count). The lowest BCUT2D eigenvalue weighted by molar-refractivity contribution is -0.118. The molecule has 1 saturated heterocycles. The summed E-state index contributed by atoms with van der Waals surface area (Å²) in [7, 11) is -3.87. The Morgan fingerprint density at radius 1 is 1.05 bits per heavy atom. The maximum Gasteiger partial charge on any atom is 0.246 e. The molecule has 2 aliphatic rings. The second kappa shape index (κ2) is 10.3. The lowest BCUT2D eigenvalue weighted by atomic mass is 9.88. The molecule has 3 atom stereocenters. The van der Waals surface area contributed by atoms with Crippen molar-refractivity contribution in [2.45, 2.75) is 37.1 Å². The van der Waals surface area contributed by atoms with Gasteiger partial charge in [0.15, 0.2) is 0 Å². The van der Waals surface area contributed by atoms with Crippen molar-refractivity contribution in [2.75, 3.05) is 18.4 Å². The van der Waals surface area contributed by atoms with Gasteiger partial charge in [-0.25, -0.2) is 26.9 Å². The fraction of sp³-hybridized carbons (Fsp3) is 0.290. The number of aryl methyl sites for hydroxylation is 2. The van der Waals surface area contributed by atoms with Gasteiger partial charge in [-0.15, -0.1) is 0 Å². The second-order valence-corrected chi connectivity index (χ2v) is 13.4. The Balaban J connectivity index is 1.27. The number of fused-ring (bicyclic) bond motifs is 2. The number of nitrogens with one attached hydrogen (secondary N) is 1. The SMILES string of the molecule is CCCn1cc(S(=O)(=O)N2C[C@H]3[C@H](C(=O)Nc4ccc(F)cn4)[C@@]3(c3cc4cnn(-c5ccc(F)cc5)c4cc3C)C2)cn1. The standard InChI is InChI=1S/C31H29F2N7O3S/c1-3-10-38-16-24(15-35-38)44(42,43)39-17-26-29(30(41)37-28-9-6-22(33)14-34-28)31(26,18-39)25-12-20-13-36-40(27(20)11-19(25)2)23-7-4-21(32)5-8-23/h4-9,11-16,26,29H,3,10,17-18H2,1-2H3,(H,34,37,41)/t26-,29+,31+/m0/s1. The minimum Gasteiger partial charge on any atom is -0.310 e. The van der Waals surface area contributed by atoms with Crippen molar-refractivity contribution in [2.24, 2.45) is 11.8 Å². The molecule has 1 aliphatic heterocycles. The van der Waals surface area contributed by atoms with Crippen molar-refractivity contribution in [3.8, 4) is 5.69 Å². The summed E-state index contributed by atoms with van der Waals surface area (Å²) in [6.07, 6.45) is 6.46. The van der Waals surface area contributed by atoms with E-state index < -0.39 is 27.2 Å². The maximum atomic E-state index is 13.8. The van der Waals surface area contributed by atoms with Gasteiger partial charge in [-0.2, -0.15) is 14.5 Å². The predicted molar refractivity (Wildman–Crippen MR) is 159 cm³/mol. The number of carbonyl (C=O) groups excluding carboxylic acids is 1. The number of pyridine rings is 1. The van der Waals surface area contributed by atoms with E-state index in [1.165, 1.54) is 34.8 Å². The molecule has 13 heteroatoms. The molecule has 4 heterocycles. The molecule has 2 fully saturated rings. The number of halogens is 2. The Morgan fingerprint density at radius 2 is 1.82 bits per heavy atom. The van der Waals surface area contributed by atoms with Crippen LogP contribution in [0.25, 0.3) is 16.6 Å². The third kappa shape index (κ3) is 4.49. The average Bonchev–Trinajstić information content (AvgIpc) is 3.44. The van der Waals surface area contributed by atoms with Crippen LogP contribution in [-0.2, 0) is 26.8 Å². The van der Waals surface area contributed by atoms with Crippen molar-refractivity contribution >= 4 is 32.7 Å². The molecule has 2 aromatic carbocycles. The summed E-state index contributed by atoms with van der Waals surface area (Å²) in [4.78, 5) is 17.8. The Bertz CT molecular complexity index is 2010. The van der Waals surface area contributed by atoms with E-state index in [4.69, 9.17) is 0 Å². The molecule has 5 aromatic rings. The van der Waals surface area contributed by atoms with E-state index in [-0.39, 0.29) is 41.4 Å². The van der Waals surface area contributed by atoms with E-state index in [9.17, 15) is 22.0 Å². The van der Waals surface area contributed by atoms with Crippen LogP contribution in [0, 0.1) is 30.4 Å². The van der Waals surface area contributed by atoms with E-state index >= 15 is 0 Å². The van der Waals surface area contributed by atoms with Crippen LogP contribution in [0.4, 0.5) is 14.6 Å².